The number of halogens is 1. The van der Waals surface area contributed by atoms with Gasteiger partial charge < -0.3 is 10.1 Å². The molecule has 2 aromatic heterocycles. The number of methoxy groups -OCH3 is 1. The number of nitrogens with one attached hydrogen (secondary N) is 2. The molecule has 4 rings (SSSR count). The van der Waals surface area contributed by atoms with E-state index in [9.17, 15) is 0 Å². The summed E-state index contributed by atoms with van der Waals surface area (Å²) in [7, 11) is 1.62. The Morgan fingerprint density at radius 2 is 1.85 bits per heavy atom. The van der Waals surface area contributed by atoms with Gasteiger partial charge in [-0.05, 0) is 49.9 Å². The molecule has 1 atom stereocenters. The monoisotopic (exact) mass is 353 g/mol. The summed E-state index contributed by atoms with van der Waals surface area (Å²) in [4.78, 5) is 12.9. The van der Waals surface area contributed by atoms with Crippen molar-refractivity contribution in [2.75, 3.05) is 12.4 Å². The zero-order valence-corrected chi connectivity index (χ0v) is 15.1. The number of pyridine rings is 1. The van der Waals surface area contributed by atoms with E-state index < -0.39 is 11.3 Å². The van der Waals surface area contributed by atoms with Crippen molar-refractivity contribution >= 4 is 22.4 Å². The highest BCUT2D eigenvalue weighted by molar-refractivity contribution is 5.93. The lowest BCUT2D eigenvalue weighted by molar-refractivity contribution is 0.0821. The van der Waals surface area contributed by atoms with Gasteiger partial charge in [-0.2, -0.15) is 0 Å². The summed E-state index contributed by atoms with van der Waals surface area (Å²) in [5.74, 6) is -0.0309. The van der Waals surface area contributed by atoms with Crippen molar-refractivity contribution in [3.8, 4) is 5.75 Å². The van der Waals surface area contributed by atoms with Crippen LogP contribution in [0.15, 0.2) is 36.7 Å². The molecule has 0 amide bonds. The number of alkyl halides is 1. The Morgan fingerprint density at radius 3 is 2.62 bits per heavy atom. The lowest BCUT2D eigenvalue weighted by Gasteiger charge is -2.34. The van der Waals surface area contributed by atoms with Gasteiger partial charge in [0.2, 0.25) is 5.79 Å². The van der Waals surface area contributed by atoms with Crippen LogP contribution in [0, 0.1) is 0 Å². The van der Waals surface area contributed by atoms with Crippen LogP contribution in [-0.4, -0.2) is 22.1 Å². The highest BCUT2D eigenvalue weighted by Gasteiger charge is 2.37. The van der Waals surface area contributed by atoms with Crippen molar-refractivity contribution in [3.63, 3.8) is 0 Å². The van der Waals surface area contributed by atoms with E-state index in [1.807, 2.05) is 32.0 Å². The SMILES string of the molecule is COc1ccc2c3cc(ncc13)Nc1ccnc(n1)C(C)(F)NC2(C)C. The molecule has 1 aliphatic rings. The minimum Gasteiger partial charge on any atom is -0.496 e. The second-order valence-electron chi connectivity index (χ2n) is 7.07. The number of hydrogen-bond acceptors (Lipinski definition) is 6. The fraction of sp³-hybridized carbons (Fsp3) is 0.316. The first-order valence-corrected chi connectivity index (χ1v) is 8.36. The van der Waals surface area contributed by atoms with E-state index >= 15 is 4.39 Å². The molecule has 6 nitrogen and oxygen atoms in total. The summed E-state index contributed by atoms with van der Waals surface area (Å²) in [5.41, 5.74) is 0.230. The van der Waals surface area contributed by atoms with Crippen LogP contribution in [0.1, 0.15) is 32.2 Å². The van der Waals surface area contributed by atoms with E-state index in [4.69, 9.17) is 4.74 Å². The molecule has 0 radical (unpaired) electrons. The molecule has 0 aliphatic carbocycles. The minimum absolute atomic E-state index is 0.0651. The van der Waals surface area contributed by atoms with Crippen LogP contribution in [0.25, 0.3) is 10.8 Å². The lowest BCUT2D eigenvalue weighted by atomic mass is 9.88. The third-order valence-corrected chi connectivity index (χ3v) is 4.63. The number of benzene rings is 1. The molecule has 1 aromatic carbocycles. The van der Waals surface area contributed by atoms with E-state index in [2.05, 4.69) is 25.6 Å². The van der Waals surface area contributed by atoms with Gasteiger partial charge in [0.05, 0.1) is 7.11 Å². The van der Waals surface area contributed by atoms with Crippen molar-refractivity contribution in [1.82, 2.24) is 20.3 Å². The van der Waals surface area contributed by atoms with E-state index in [0.29, 0.717) is 11.6 Å². The average Bonchev–Trinajstić information content (AvgIpc) is 2.59. The molecule has 0 spiro atoms. The summed E-state index contributed by atoms with van der Waals surface area (Å²) in [5, 5.41) is 7.99. The summed E-state index contributed by atoms with van der Waals surface area (Å²) >= 11 is 0. The lowest BCUT2D eigenvalue weighted by Crippen LogP contribution is -2.48. The van der Waals surface area contributed by atoms with Crippen LogP contribution in [0.2, 0.25) is 0 Å². The molecule has 0 saturated carbocycles. The second kappa shape index (κ2) is 5.60. The summed E-state index contributed by atoms with van der Waals surface area (Å²) in [6, 6.07) is 7.43. The summed E-state index contributed by atoms with van der Waals surface area (Å²) in [6.45, 7) is 5.29. The molecule has 1 unspecified atom stereocenters. The van der Waals surface area contributed by atoms with Gasteiger partial charge in [-0.1, -0.05) is 6.07 Å². The molecule has 134 valence electrons. The average molecular weight is 353 g/mol. The topological polar surface area (TPSA) is 72.0 Å². The molecule has 2 N–H and O–H groups in total. The number of hydrogen-bond donors (Lipinski definition) is 2. The third-order valence-electron chi connectivity index (χ3n) is 4.63. The van der Waals surface area contributed by atoms with Crippen LogP contribution in [0.4, 0.5) is 16.0 Å². The van der Waals surface area contributed by atoms with E-state index in [0.717, 1.165) is 22.1 Å². The molecular weight excluding hydrogens is 333 g/mol. The quantitative estimate of drug-likeness (QED) is 0.649. The molecule has 3 aromatic rings. The normalized spacial score (nSPS) is 21.1. The van der Waals surface area contributed by atoms with Gasteiger partial charge >= 0.3 is 0 Å². The molecule has 7 heteroatoms. The van der Waals surface area contributed by atoms with Crippen molar-refractivity contribution in [1.29, 1.82) is 0 Å². The van der Waals surface area contributed by atoms with Crippen LogP contribution in [0.5, 0.6) is 5.75 Å². The predicted octanol–water partition coefficient (Wildman–Crippen LogP) is 3.76. The molecule has 0 saturated heterocycles. The van der Waals surface area contributed by atoms with Gasteiger partial charge in [0.1, 0.15) is 17.4 Å². The Kier molecular flexibility index (Phi) is 3.59. The number of fused-ring (bicyclic) bond motifs is 3. The first-order chi connectivity index (χ1) is 12.3. The fourth-order valence-electron chi connectivity index (χ4n) is 3.50. The third kappa shape index (κ3) is 2.64. The van der Waals surface area contributed by atoms with Gasteiger partial charge in [-0.15, -0.1) is 0 Å². The highest BCUT2D eigenvalue weighted by atomic mass is 19.1. The minimum atomic E-state index is -1.92. The zero-order valence-electron chi connectivity index (χ0n) is 15.1. The maximum atomic E-state index is 15.5. The largest absolute Gasteiger partial charge is 0.496 e. The van der Waals surface area contributed by atoms with Crippen LogP contribution in [0.3, 0.4) is 0 Å². The van der Waals surface area contributed by atoms with Gasteiger partial charge in [0.25, 0.3) is 0 Å². The molecule has 26 heavy (non-hydrogen) atoms. The van der Waals surface area contributed by atoms with Crippen molar-refractivity contribution in [3.05, 3.63) is 48.0 Å². The van der Waals surface area contributed by atoms with E-state index in [-0.39, 0.29) is 5.82 Å². The van der Waals surface area contributed by atoms with E-state index in [1.54, 1.807) is 19.4 Å². The second-order valence-corrected chi connectivity index (χ2v) is 7.07. The molecule has 1 aliphatic heterocycles. The molecule has 4 bridgehead atoms. The van der Waals surface area contributed by atoms with Crippen molar-refractivity contribution in [2.45, 2.75) is 32.1 Å². The standard InChI is InChI=1S/C19H20FN5O/c1-18(2)13-5-6-14(26-4)12-10-22-16(9-11(12)13)23-15-7-8-21-17(24-15)19(3,20)25-18/h5-10,25H,1-4H3,(H,21,22,23,24). The number of ether oxygens (including phenoxy) is 1. The Labute approximate surface area is 150 Å². The molecule has 3 heterocycles. The first kappa shape index (κ1) is 16.7. The van der Waals surface area contributed by atoms with Crippen LogP contribution < -0.4 is 15.4 Å². The highest BCUT2D eigenvalue weighted by Crippen LogP contribution is 2.38. The Morgan fingerprint density at radius 1 is 1.04 bits per heavy atom. The van der Waals surface area contributed by atoms with Crippen molar-refractivity contribution < 1.29 is 9.13 Å². The smallest absolute Gasteiger partial charge is 0.219 e. The van der Waals surface area contributed by atoms with Crippen LogP contribution >= 0.6 is 0 Å². The summed E-state index contributed by atoms with van der Waals surface area (Å²) < 4.78 is 21.0. The number of aromatic nitrogens is 3. The molecular formula is C19H20FN5O. The number of nitrogens with zero attached hydrogens (tertiary/aromatic N) is 3. The summed E-state index contributed by atoms with van der Waals surface area (Å²) in [6.07, 6.45) is 3.29. The van der Waals surface area contributed by atoms with Gasteiger partial charge in [-0.25, -0.2) is 19.3 Å². The van der Waals surface area contributed by atoms with E-state index in [1.165, 1.54) is 13.1 Å². The van der Waals surface area contributed by atoms with Crippen molar-refractivity contribution in [2.24, 2.45) is 0 Å². The Hall–Kier alpha value is -2.80. The van der Waals surface area contributed by atoms with Crippen LogP contribution in [-0.2, 0) is 11.3 Å². The molecule has 0 fully saturated rings. The fourth-order valence-corrected chi connectivity index (χ4v) is 3.50. The maximum absolute atomic E-state index is 15.5. The number of anilines is 2. The Bertz CT molecular complexity index is 1000. The van der Waals surface area contributed by atoms with Gasteiger partial charge in [-0.3, -0.25) is 5.32 Å². The zero-order chi connectivity index (χ0) is 18.5. The first-order valence-electron chi connectivity index (χ1n) is 8.36. The Balaban J connectivity index is 2.03. The van der Waals surface area contributed by atoms with Gasteiger partial charge in [0, 0.05) is 23.3 Å². The predicted molar refractivity (Wildman–Crippen MR) is 98.2 cm³/mol. The van der Waals surface area contributed by atoms with Gasteiger partial charge in [0.15, 0.2) is 5.82 Å². The maximum Gasteiger partial charge on any atom is 0.219 e. The number of rotatable bonds is 1.